The van der Waals surface area contributed by atoms with E-state index in [1.165, 1.54) is 12.1 Å². The number of aromatic nitrogens is 3. The molecule has 1 unspecified atom stereocenters. The first kappa shape index (κ1) is 14.7. The highest BCUT2D eigenvalue weighted by Gasteiger charge is 2.20. The molecule has 0 radical (unpaired) electrons. The summed E-state index contributed by atoms with van der Waals surface area (Å²) in [6.45, 7) is 1.63. The highest BCUT2D eigenvalue weighted by molar-refractivity contribution is 5.89. The van der Waals surface area contributed by atoms with Gasteiger partial charge >= 0.3 is 5.97 Å². The number of benzene rings is 1. The van der Waals surface area contributed by atoms with Crippen LogP contribution in [0.15, 0.2) is 53.3 Å². The Balaban J connectivity index is 1.73. The zero-order chi connectivity index (χ0) is 16.2. The van der Waals surface area contributed by atoms with Crippen LogP contribution in [-0.2, 0) is 4.74 Å². The first-order valence-electron chi connectivity index (χ1n) is 6.87. The smallest absolute Gasteiger partial charge is 0.339 e. The van der Waals surface area contributed by atoms with Crippen molar-refractivity contribution in [3.8, 4) is 17.1 Å². The average Bonchev–Trinajstić information content (AvgIpc) is 3.06. The second-order valence-electron chi connectivity index (χ2n) is 4.80. The van der Waals surface area contributed by atoms with Gasteiger partial charge in [0.05, 0.1) is 5.56 Å². The average molecular weight is 311 g/mol. The molecule has 0 spiro atoms. The molecule has 2 aromatic heterocycles. The van der Waals surface area contributed by atoms with E-state index in [4.69, 9.17) is 9.26 Å². The number of carbonyl (C=O) groups is 1. The lowest BCUT2D eigenvalue weighted by atomic mass is 10.2. The van der Waals surface area contributed by atoms with Crippen molar-refractivity contribution in [3.05, 3.63) is 60.2 Å². The van der Waals surface area contributed by atoms with Gasteiger partial charge in [0.25, 0.3) is 5.89 Å². The number of pyridine rings is 1. The highest BCUT2D eigenvalue weighted by Crippen LogP contribution is 2.21. The fraction of sp³-hybridized carbons (Fsp3) is 0.125. The van der Waals surface area contributed by atoms with Gasteiger partial charge < -0.3 is 14.4 Å². The predicted octanol–water partition coefficient (Wildman–Crippen LogP) is 2.76. The van der Waals surface area contributed by atoms with Crippen LogP contribution in [0.25, 0.3) is 11.4 Å². The molecule has 0 saturated carbocycles. The zero-order valence-corrected chi connectivity index (χ0v) is 12.2. The number of aromatic hydroxyl groups is 1. The summed E-state index contributed by atoms with van der Waals surface area (Å²) in [5.41, 5.74) is 0.942. The number of nitrogens with zero attached hydrogens (tertiary/aromatic N) is 3. The van der Waals surface area contributed by atoms with Crippen LogP contribution in [0.1, 0.15) is 29.3 Å². The summed E-state index contributed by atoms with van der Waals surface area (Å²) < 4.78 is 10.4. The van der Waals surface area contributed by atoms with Crippen molar-refractivity contribution in [1.29, 1.82) is 0 Å². The van der Waals surface area contributed by atoms with Gasteiger partial charge in [-0.25, -0.2) is 4.79 Å². The van der Waals surface area contributed by atoms with Gasteiger partial charge in [-0.3, -0.25) is 4.98 Å². The molecule has 0 saturated heterocycles. The first-order chi connectivity index (χ1) is 11.1. The van der Waals surface area contributed by atoms with Crippen molar-refractivity contribution in [3.63, 3.8) is 0 Å². The monoisotopic (exact) mass is 311 g/mol. The molecule has 23 heavy (non-hydrogen) atoms. The van der Waals surface area contributed by atoms with Gasteiger partial charge in [0.2, 0.25) is 5.82 Å². The maximum absolute atomic E-state index is 12.0. The van der Waals surface area contributed by atoms with Crippen molar-refractivity contribution >= 4 is 5.97 Å². The summed E-state index contributed by atoms with van der Waals surface area (Å²) in [5.74, 6) is -0.0519. The van der Waals surface area contributed by atoms with Crippen molar-refractivity contribution < 1.29 is 19.2 Å². The van der Waals surface area contributed by atoms with Crippen molar-refractivity contribution in [2.24, 2.45) is 0 Å². The van der Waals surface area contributed by atoms with Crippen LogP contribution in [-0.4, -0.2) is 26.2 Å². The van der Waals surface area contributed by atoms with E-state index >= 15 is 0 Å². The van der Waals surface area contributed by atoms with E-state index in [9.17, 15) is 9.90 Å². The molecule has 2 heterocycles. The van der Waals surface area contributed by atoms with E-state index in [1.807, 2.05) is 0 Å². The third-order valence-electron chi connectivity index (χ3n) is 3.07. The van der Waals surface area contributed by atoms with Gasteiger partial charge in [-0.1, -0.05) is 11.2 Å². The molecule has 3 aromatic rings. The minimum atomic E-state index is -0.720. The molecule has 0 fully saturated rings. The molecule has 7 heteroatoms. The predicted molar refractivity (Wildman–Crippen MR) is 79.5 cm³/mol. The lowest BCUT2D eigenvalue weighted by Gasteiger charge is -2.09. The molecule has 0 aliphatic heterocycles. The molecule has 7 nitrogen and oxygen atoms in total. The quantitative estimate of drug-likeness (QED) is 0.740. The Labute approximate surface area is 131 Å². The second-order valence-corrected chi connectivity index (χ2v) is 4.80. The molecule has 0 amide bonds. The van der Waals surface area contributed by atoms with Crippen LogP contribution in [0, 0.1) is 0 Å². The van der Waals surface area contributed by atoms with Crippen LogP contribution in [0.3, 0.4) is 0 Å². The lowest BCUT2D eigenvalue weighted by molar-refractivity contribution is 0.0265. The fourth-order valence-electron chi connectivity index (χ4n) is 1.92. The molecular formula is C16H13N3O4. The first-order valence-corrected chi connectivity index (χ1v) is 6.87. The van der Waals surface area contributed by atoms with Gasteiger partial charge in [0.15, 0.2) is 6.10 Å². The minimum absolute atomic E-state index is 0.0104. The van der Waals surface area contributed by atoms with Gasteiger partial charge in [0.1, 0.15) is 5.75 Å². The third-order valence-corrected chi connectivity index (χ3v) is 3.07. The van der Waals surface area contributed by atoms with E-state index in [0.717, 1.165) is 0 Å². The molecule has 0 aliphatic rings. The van der Waals surface area contributed by atoms with E-state index in [-0.39, 0.29) is 17.2 Å². The Hall–Kier alpha value is -3.22. The number of rotatable bonds is 4. The van der Waals surface area contributed by atoms with Crippen LogP contribution < -0.4 is 0 Å². The van der Waals surface area contributed by atoms with E-state index in [2.05, 4.69) is 15.1 Å². The number of carbonyl (C=O) groups excluding carboxylic acids is 1. The Morgan fingerprint density at radius 2 is 2.17 bits per heavy atom. The Kier molecular flexibility index (Phi) is 4.01. The number of hydrogen-bond acceptors (Lipinski definition) is 7. The highest BCUT2D eigenvalue weighted by atomic mass is 16.6. The van der Waals surface area contributed by atoms with Crippen LogP contribution in [0.5, 0.6) is 5.75 Å². The van der Waals surface area contributed by atoms with Crippen LogP contribution in [0.4, 0.5) is 0 Å². The third kappa shape index (κ3) is 3.34. The van der Waals surface area contributed by atoms with Gasteiger partial charge in [-0.05, 0) is 37.3 Å². The van der Waals surface area contributed by atoms with Gasteiger partial charge in [0, 0.05) is 18.0 Å². The second kappa shape index (κ2) is 6.27. The number of hydrogen-bond donors (Lipinski definition) is 1. The number of esters is 1. The zero-order valence-electron chi connectivity index (χ0n) is 12.2. The summed E-state index contributed by atoms with van der Waals surface area (Å²) in [6, 6.07) is 9.46. The number of phenolic OH excluding ortho intramolecular Hbond substituents is 1. The molecule has 0 aliphatic carbocycles. The molecule has 3 rings (SSSR count). The van der Waals surface area contributed by atoms with Crippen molar-refractivity contribution in [1.82, 2.24) is 15.1 Å². The van der Waals surface area contributed by atoms with E-state index < -0.39 is 12.1 Å². The standard InChI is InChI=1S/C16H13N3O4/c1-10(22-16(21)11-4-2-6-13(20)8-11)15-18-14(19-23-15)12-5-3-7-17-9-12/h2-10,20H,1H3. The fourth-order valence-corrected chi connectivity index (χ4v) is 1.92. The Morgan fingerprint density at radius 1 is 1.30 bits per heavy atom. The molecule has 0 bridgehead atoms. The molecule has 116 valence electrons. The van der Waals surface area contributed by atoms with Gasteiger partial charge in [-0.15, -0.1) is 0 Å². The molecular weight excluding hydrogens is 298 g/mol. The Morgan fingerprint density at radius 3 is 2.91 bits per heavy atom. The molecule has 1 N–H and O–H groups in total. The summed E-state index contributed by atoms with van der Waals surface area (Å²) >= 11 is 0. The summed E-state index contributed by atoms with van der Waals surface area (Å²) in [7, 11) is 0. The van der Waals surface area contributed by atoms with Crippen molar-refractivity contribution in [2.75, 3.05) is 0 Å². The van der Waals surface area contributed by atoms with E-state index in [0.29, 0.717) is 11.4 Å². The van der Waals surface area contributed by atoms with Crippen LogP contribution >= 0.6 is 0 Å². The maximum Gasteiger partial charge on any atom is 0.339 e. The SMILES string of the molecule is CC(OC(=O)c1cccc(O)c1)c1nc(-c2cccnc2)no1. The van der Waals surface area contributed by atoms with E-state index in [1.54, 1.807) is 43.6 Å². The molecule has 1 aromatic carbocycles. The lowest BCUT2D eigenvalue weighted by Crippen LogP contribution is -2.09. The molecule has 1 atom stereocenters. The Bertz CT molecular complexity index is 817. The maximum atomic E-state index is 12.0. The van der Waals surface area contributed by atoms with Crippen LogP contribution in [0.2, 0.25) is 0 Å². The number of phenols is 1. The largest absolute Gasteiger partial charge is 0.508 e. The van der Waals surface area contributed by atoms with Gasteiger partial charge in [-0.2, -0.15) is 4.98 Å². The minimum Gasteiger partial charge on any atom is -0.508 e. The summed E-state index contributed by atoms with van der Waals surface area (Å²) in [4.78, 5) is 20.2. The summed E-state index contributed by atoms with van der Waals surface area (Å²) in [6.07, 6.45) is 2.53. The summed E-state index contributed by atoms with van der Waals surface area (Å²) in [5, 5.41) is 13.2. The number of ether oxygens (including phenoxy) is 1. The normalized spacial score (nSPS) is 11.9. The topological polar surface area (TPSA) is 98.3 Å². The van der Waals surface area contributed by atoms with Crippen molar-refractivity contribution in [2.45, 2.75) is 13.0 Å².